The van der Waals surface area contributed by atoms with E-state index >= 15 is 0 Å². The summed E-state index contributed by atoms with van der Waals surface area (Å²) in [4.78, 5) is 23.3. The van der Waals surface area contributed by atoms with Crippen LogP contribution in [0.1, 0.15) is 18.4 Å². The Morgan fingerprint density at radius 3 is 2.42 bits per heavy atom. The molecule has 0 unspecified atom stereocenters. The third kappa shape index (κ3) is 5.45. The Hall–Kier alpha value is -3.35. The number of phenolic OH excluding ortho intramolecular Hbond substituents is 2. The highest BCUT2D eigenvalue weighted by Crippen LogP contribution is 2.20. The zero-order valence-corrected chi connectivity index (χ0v) is 12.8. The minimum absolute atomic E-state index is 0.0163. The van der Waals surface area contributed by atoms with Gasteiger partial charge in [0.25, 0.3) is 0 Å². The second-order valence-corrected chi connectivity index (χ2v) is 4.95. The topological polar surface area (TPSA) is 111 Å². The molecule has 24 heavy (non-hydrogen) atoms. The molecule has 0 aliphatic heterocycles. The van der Waals surface area contributed by atoms with Gasteiger partial charge in [0.15, 0.2) is 0 Å². The fourth-order valence-corrected chi connectivity index (χ4v) is 1.84. The summed E-state index contributed by atoms with van der Waals surface area (Å²) < 4.78 is 0. The van der Waals surface area contributed by atoms with Crippen molar-refractivity contribution in [2.75, 3.05) is 5.32 Å². The highest BCUT2D eigenvalue weighted by Gasteiger charge is 2.06. The number of hydrogen-bond donors (Lipinski definition) is 4. The van der Waals surface area contributed by atoms with E-state index in [4.69, 9.17) is 5.11 Å². The molecule has 0 fully saturated rings. The first-order valence-electron chi connectivity index (χ1n) is 7.23. The van der Waals surface area contributed by atoms with E-state index in [2.05, 4.69) is 15.8 Å². The molecule has 2 amide bonds. The number of carbonyl (C=O) groups excluding carboxylic acids is 2. The zero-order valence-electron chi connectivity index (χ0n) is 12.8. The number of amides is 2. The fourth-order valence-electron chi connectivity index (χ4n) is 1.84. The lowest BCUT2D eigenvalue weighted by Gasteiger charge is -2.04. The van der Waals surface area contributed by atoms with Crippen LogP contribution >= 0.6 is 0 Å². The Kier molecular flexibility index (Phi) is 5.90. The van der Waals surface area contributed by atoms with Gasteiger partial charge in [-0.15, -0.1) is 0 Å². The lowest BCUT2D eigenvalue weighted by Crippen LogP contribution is -2.20. The van der Waals surface area contributed by atoms with E-state index in [1.165, 1.54) is 18.3 Å². The van der Waals surface area contributed by atoms with Crippen molar-refractivity contribution in [2.45, 2.75) is 12.8 Å². The Balaban J connectivity index is 1.75. The summed E-state index contributed by atoms with van der Waals surface area (Å²) in [6.07, 6.45) is 1.26. The van der Waals surface area contributed by atoms with Crippen molar-refractivity contribution >= 4 is 23.7 Å². The van der Waals surface area contributed by atoms with Crippen LogP contribution < -0.4 is 10.7 Å². The number of phenols is 2. The van der Waals surface area contributed by atoms with E-state index in [0.29, 0.717) is 11.3 Å². The number of aromatic hydroxyl groups is 2. The lowest BCUT2D eigenvalue weighted by molar-refractivity contribution is -0.124. The Bertz CT molecular complexity index is 745. The maximum atomic E-state index is 11.7. The molecule has 4 N–H and O–H groups in total. The second kappa shape index (κ2) is 8.33. The van der Waals surface area contributed by atoms with Crippen molar-refractivity contribution in [3.05, 3.63) is 54.1 Å². The Morgan fingerprint density at radius 1 is 1.00 bits per heavy atom. The number of hydrazone groups is 1. The van der Waals surface area contributed by atoms with E-state index in [9.17, 15) is 14.7 Å². The standard InChI is InChI=1S/C17H17N3O4/c21-14-7-6-12(15(22)10-14)11-18-20-17(24)9-8-16(23)19-13-4-2-1-3-5-13/h1-7,10-11,21-22H,8-9H2,(H,19,23)(H,20,24)/b18-11+. The third-order valence-corrected chi connectivity index (χ3v) is 3.04. The number of anilines is 1. The molecule has 0 spiro atoms. The molecule has 7 heteroatoms. The molecule has 0 aromatic heterocycles. The van der Waals surface area contributed by atoms with Crippen LogP contribution in [0, 0.1) is 0 Å². The van der Waals surface area contributed by atoms with Gasteiger partial charge >= 0.3 is 0 Å². The van der Waals surface area contributed by atoms with Crippen molar-refractivity contribution in [1.82, 2.24) is 5.43 Å². The van der Waals surface area contributed by atoms with Crippen LogP contribution in [0.25, 0.3) is 0 Å². The first-order valence-corrected chi connectivity index (χ1v) is 7.23. The molecule has 0 aliphatic rings. The summed E-state index contributed by atoms with van der Waals surface area (Å²) in [6.45, 7) is 0. The predicted octanol–water partition coefficient (Wildman–Crippen LogP) is 1.97. The Labute approximate surface area is 138 Å². The monoisotopic (exact) mass is 327 g/mol. The van der Waals surface area contributed by atoms with E-state index < -0.39 is 5.91 Å². The second-order valence-electron chi connectivity index (χ2n) is 4.95. The molecule has 0 saturated carbocycles. The number of hydrogen-bond acceptors (Lipinski definition) is 5. The summed E-state index contributed by atoms with van der Waals surface area (Å²) in [6, 6.07) is 13.0. The van der Waals surface area contributed by atoms with Gasteiger partial charge in [-0.2, -0.15) is 5.10 Å². The van der Waals surface area contributed by atoms with Gasteiger partial charge in [0, 0.05) is 30.2 Å². The molecule has 0 saturated heterocycles. The molecule has 7 nitrogen and oxygen atoms in total. The highest BCUT2D eigenvalue weighted by atomic mass is 16.3. The quantitative estimate of drug-likeness (QED) is 0.480. The number of nitrogens with zero attached hydrogens (tertiary/aromatic N) is 1. The Morgan fingerprint density at radius 2 is 1.71 bits per heavy atom. The number of carbonyl (C=O) groups is 2. The summed E-state index contributed by atoms with van der Waals surface area (Å²) in [7, 11) is 0. The molecule has 0 heterocycles. The smallest absolute Gasteiger partial charge is 0.240 e. The minimum Gasteiger partial charge on any atom is -0.508 e. The summed E-state index contributed by atoms with van der Waals surface area (Å²) in [5.74, 6) is -0.919. The van der Waals surface area contributed by atoms with Crippen LogP contribution in [-0.2, 0) is 9.59 Å². The molecule has 0 bridgehead atoms. The molecular weight excluding hydrogens is 310 g/mol. The van der Waals surface area contributed by atoms with Crippen molar-refractivity contribution in [1.29, 1.82) is 0 Å². The average molecular weight is 327 g/mol. The maximum absolute atomic E-state index is 11.7. The van der Waals surface area contributed by atoms with E-state index in [1.54, 1.807) is 24.3 Å². The SMILES string of the molecule is O=C(CCC(=O)Nc1ccccc1)N/N=C/c1ccc(O)cc1O. The third-order valence-electron chi connectivity index (χ3n) is 3.04. The first kappa shape index (κ1) is 17.0. The van der Waals surface area contributed by atoms with E-state index in [0.717, 1.165) is 6.07 Å². The van der Waals surface area contributed by atoms with Gasteiger partial charge in [0.2, 0.25) is 11.8 Å². The van der Waals surface area contributed by atoms with Gasteiger partial charge in [0.1, 0.15) is 11.5 Å². The summed E-state index contributed by atoms with van der Waals surface area (Å²) in [5.41, 5.74) is 3.28. The van der Waals surface area contributed by atoms with Crippen molar-refractivity contribution in [3.63, 3.8) is 0 Å². The number of benzene rings is 2. The number of rotatable bonds is 6. The van der Waals surface area contributed by atoms with Gasteiger partial charge in [-0.3, -0.25) is 9.59 Å². The van der Waals surface area contributed by atoms with Gasteiger partial charge in [0.05, 0.1) is 6.21 Å². The molecule has 2 aromatic carbocycles. The van der Waals surface area contributed by atoms with Crippen molar-refractivity contribution in [3.8, 4) is 11.5 Å². The van der Waals surface area contributed by atoms with Crippen molar-refractivity contribution in [2.24, 2.45) is 5.10 Å². The molecule has 2 rings (SSSR count). The molecule has 0 atom stereocenters. The van der Waals surface area contributed by atoms with Gasteiger partial charge in [-0.05, 0) is 24.3 Å². The van der Waals surface area contributed by atoms with Crippen LogP contribution in [-0.4, -0.2) is 28.2 Å². The average Bonchev–Trinajstić information content (AvgIpc) is 2.56. The molecular formula is C17H17N3O4. The molecule has 0 radical (unpaired) electrons. The number of nitrogens with one attached hydrogen (secondary N) is 2. The van der Waals surface area contributed by atoms with Crippen LogP contribution in [0.4, 0.5) is 5.69 Å². The summed E-state index contributed by atoms with van der Waals surface area (Å²) >= 11 is 0. The van der Waals surface area contributed by atoms with E-state index in [-0.39, 0.29) is 30.2 Å². The molecule has 2 aromatic rings. The van der Waals surface area contributed by atoms with Crippen molar-refractivity contribution < 1.29 is 19.8 Å². The van der Waals surface area contributed by atoms with Crippen LogP contribution in [0.5, 0.6) is 11.5 Å². The number of para-hydroxylation sites is 1. The van der Waals surface area contributed by atoms with Gasteiger partial charge < -0.3 is 15.5 Å². The molecule has 124 valence electrons. The van der Waals surface area contributed by atoms with E-state index in [1.807, 2.05) is 6.07 Å². The lowest BCUT2D eigenvalue weighted by atomic mass is 10.2. The van der Waals surface area contributed by atoms with Gasteiger partial charge in [-0.1, -0.05) is 18.2 Å². The van der Waals surface area contributed by atoms with Gasteiger partial charge in [-0.25, -0.2) is 5.43 Å². The highest BCUT2D eigenvalue weighted by molar-refractivity contribution is 5.93. The maximum Gasteiger partial charge on any atom is 0.240 e. The predicted molar refractivity (Wildman–Crippen MR) is 89.8 cm³/mol. The van der Waals surface area contributed by atoms with Crippen LogP contribution in [0.3, 0.4) is 0 Å². The normalized spacial score (nSPS) is 10.5. The zero-order chi connectivity index (χ0) is 17.4. The summed E-state index contributed by atoms with van der Waals surface area (Å²) in [5, 5.41) is 25.1. The fraction of sp³-hybridized carbons (Fsp3) is 0.118. The largest absolute Gasteiger partial charge is 0.508 e. The van der Waals surface area contributed by atoms with Crippen LogP contribution in [0.2, 0.25) is 0 Å². The first-order chi connectivity index (χ1) is 11.5. The molecule has 0 aliphatic carbocycles. The van der Waals surface area contributed by atoms with Crippen LogP contribution in [0.15, 0.2) is 53.6 Å². The minimum atomic E-state index is -0.423.